The van der Waals surface area contributed by atoms with Gasteiger partial charge in [-0.25, -0.2) is 4.79 Å². The van der Waals surface area contributed by atoms with Crippen molar-refractivity contribution in [1.29, 1.82) is 0 Å². The smallest absolute Gasteiger partial charge is 0.334 e. The molecule has 0 amide bonds. The highest BCUT2D eigenvalue weighted by Gasteiger charge is 2.84. The monoisotopic (exact) mass is 803 g/mol. The van der Waals surface area contributed by atoms with Crippen molar-refractivity contribution in [3.05, 3.63) is 98.9 Å². The van der Waals surface area contributed by atoms with Gasteiger partial charge >= 0.3 is 5.97 Å². The number of fused-ring (bicyclic) bond motifs is 3. The first-order valence-corrected chi connectivity index (χ1v) is 21.1. The molecule has 0 radical (unpaired) electrons. The first-order chi connectivity index (χ1) is 27.5. The summed E-state index contributed by atoms with van der Waals surface area (Å²) in [7, 11) is 0. The fraction of sp³-hybridized carbons (Fsp3) is 0.542. The van der Waals surface area contributed by atoms with Gasteiger partial charge in [0.25, 0.3) is 0 Å². The van der Waals surface area contributed by atoms with Gasteiger partial charge in [-0.3, -0.25) is 14.6 Å². The lowest BCUT2D eigenvalue weighted by molar-refractivity contribution is -0.165. The van der Waals surface area contributed by atoms with Crippen LogP contribution in [0.3, 0.4) is 0 Å². The van der Waals surface area contributed by atoms with Gasteiger partial charge in [-0.15, -0.1) is 0 Å². The quantitative estimate of drug-likeness (QED) is 0.0631. The Morgan fingerprint density at radius 1 is 1.02 bits per heavy atom. The van der Waals surface area contributed by atoms with Crippen molar-refractivity contribution in [3.63, 3.8) is 0 Å². The zero-order chi connectivity index (χ0) is 42.8. The van der Waals surface area contributed by atoms with Gasteiger partial charge in [0, 0.05) is 59.0 Å². The van der Waals surface area contributed by atoms with Gasteiger partial charge in [-0.2, -0.15) is 0 Å². The van der Waals surface area contributed by atoms with Crippen molar-refractivity contribution < 1.29 is 39.9 Å². The molecule has 0 spiro atoms. The Bertz CT molecular complexity index is 2380. The van der Waals surface area contributed by atoms with Crippen LogP contribution in [-0.2, 0) is 14.4 Å². The molecule has 0 aromatic heterocycles. The number of nitrogens with two attached hydrogens (primary N) is 2. The van der Waals surface area contributed by atoms with E-state index in [4.69, 9.17) is 11.5 Å². The predicted octanol–water partition coefficient (Wildman–Crippen LogP) is 5.49. The molecule has 59 heavy (non-hydrogen) atoms. The number of carboxylic acid groups (broad SMARTS) is 1. The van der Waals surface area contributed by atoms with Gasteiger partial charge < -0.3 is 37.0 Å². The largest absolute Gasteiger partial charge is 0.508 e. The Morgan fingerprint density at radius 2 is 1.69 bits per heavy atom. The average molecular weight is 804 g/mol. The van der Waals surface area contributed by atoms with Gasteiger partial charge in [-0.05, 0) is 83.3 Å². The standard InChI is InChI=1S/C48H57N3O8/c1-23-30(22-51-41(49)50)47(58,39(54)24(2)40(55)56)28-16-14-26-19-27-20-46(57)29(15-13-25-11-9-8-10-12-25)37-42(3,4)32(53)17-18-43(37,5)35-31(52)21-44(6)34(23)36(33(26)28)48(27,59)45(44,7)38(35)46/h8-13,15-16,20,23,29-30,34,36-37,54,57-59H,14,17-19,21-22H2,1-7H3,(H,55,56)(H4,49,50,51)/b15-13+,39-24-/t23-,29-,30+,34+,36-,37-,43-,44-,45+,46-,47+,48+/m1/s1. The molecule has 312 valence electrons. The number of carbonyl (C=O) groups is 3. The third-order valence-electron chi connectivity index (χ3n) is 17.7. The van der Waals surface area contributed by atoms with Crippen molar-refractivity contribution in [3.8, 4) is 0 Å². The average Bonchev–Trinajstić information content (AvgIpc) is 3.63. The number of carboxylic acids is 1. The first kappa shape index (κ1) is 39.9. The molecule has 11 heteroatoms. The number of rotatable bonds is 6. The molecule has 11 nitrogen and oxygen atoms in total. The number of ketones is 2. The minimum atomic E-state index is -2.26. The van der Waals surface area contributed by atoms with E-state index >= 15 is 4.79 Å². The number of aliphatic imine (C=N–C) groups is 1. The van der Waals surface area contributed by atoms with Crippen LogP contribution in [0.5, 0.6) is 0 Å². The number of Topliss-reactive ketones (excluding diaryl/α,β-unsaturated/α-hetero) is 2. The lowest BCUT2D eigenvalue weighted by atomic mass is 9.35. The van der Waals surface area contributed by atoms with Crippen LogP contribution in [0.2, 0.25) is 0 Å². The summed E-state index contributed by atoms with van der Waals surface area (Å²) in [6.07, 6.45) is 9.00. The van der Waals surface area contributed by atoms with E-state index in [1.165, 1.54) is 6.92 Å². The van der Waals surface area contributed by atoms with Crippen LogP contribution in [0, 0.1) is 57.2 Å². The second-order valence-electron chi connectivity index (χ2n) is 20.3. The normalized spacial score (nSPS) is 44.0. The van der Waals surface area contributed by atoms with Crippen LogP contribution < -0.4 is 11.5 Å². The van der Waals surface area contributed by atoms with E-state index in [9.17, 15) is 35.1 Å². The third-order valence-corrected chi connectivity index (χ3v) is 17.7. The molecule has 3 saturated carbocycles. The second-order valence-corrected chi connectivity index (χ2v) is 20.3. The number of carbonyl (C=O) groups excluding carboxylic acids is 2. The summed E-state index contributed by atoms with van der Waals surface area (Å²) in [6.45, 7) is 13.0. The number of nitrogens with zero attached hydrogens (tertiary/aromatic N) is 1. The fourth-order valence-electron chi connectivity index (χ4n) is 15.2. The molecule has 0 heterocycles. The van der Waals surface area contributed by atoms with Crippen LogP contribution in [0.15, 0.2) is 98.3 Å². The van der Waals surface area contributed by atoms with E-state index in [0.717, 1.165) is 11.1 Å². The number of aliphatic carboxylic acids is 1. The molecule has 9 rings (SSSR count). The van der Waals surface area contributed by atoms with Crippen LogP contribution in [0.4, 0.5) is 0 Å². The Kier molecular flexibility index (Phi) is 8.13. The zero-order valence-corrected chi connectivity index (χ0v) is 35.0. The highest BCUT2D eigenvalue weighted by atomic mass is 16.4. The van der Waals surface area contributed by atoms with Crippen molar-refractivity contribution >= 4 is 29.6 Å². The number of aliphatic hydroxyl groups is 4. The molecule has 1 aromatic carbocycles. The Balaban J connectivity index is 1.38. The number of guanidine groups is 1. The van der Waals surface area contributed by atoms with Gasteiger partial charge in [-0.1, -0.05) is 95.7 Å². The van der Waals surface area contributed by atoms with Crippen molar-refractivity contribution in [2.24, 2.45) is 73.6 Å². The number of hydrogen-bond donors (Lipinski definition) is 7. The van der Waals surface area contributed by atoms with Gasteiger partial charge in [0.1, 0.15) is 22.7 Å². The van der Waals surface area contributed by atoms with E-state index < -0.39 is 91.3 Å². The number of aliphatic hydroxyl groups excluding tert-OH is 1. The lowest BCUT2D eigenvalue weighted by Crippen LogP contribution is -2.71. The Morgan fingerprint density at radius 3 is 2.34 bits per heavy atom. The van der Waals surface area contributed by atoms with Crippen LogP contribution in [-0.4, -0.2) is 72.4 Å². The Labute approximate surface area is 345 Å². The number of benzene rings is 1. The molecule has 3 fully saturated rings. The minimum Gasteiger partial charge on any atom is -0.508 e. The number of allylic oxidation sites excluding steroid dienone is 3. The summed E-state index contributed by atoms with van der Waals surface area (Å²) in [5, 5.41) is 63.5. The summed E-state index contributed by atoms with van der Waals surface area (Å²) in [6, 6.07) is 9.81. The highest BCUT2D eigenvalue weighted by molar-refractivity contribution is 6.02. The molecular weight excluding hydrogens is 747 g/mol. The van der Waals surface area contributed by atoms with E-state index in [-0.39, 0.29) is 43.3 Å². The summed E-state index contributed by atoms with van der Waals surface area (Å²) in [4.78, 5) is 46.4. The molecule has 8 aliphatic carbocycles. The summed E-state index contributed by atoms with van der Waals surface area (Å²) in [5.74, 6) is -6.45. The van der Waals surface area contributed by atoms with Gasteiger partial charge in [0.15, 0.2) is 17.3 Å². The van der Waals surface area contributed by atoms with E-state index in [1.54, 1.807) is 0 Å². The maximum Gasteiger partial charge on any atom is 0.334 e. The molecule has 0 bridgehead atoms. The third kappa shape index (κ3) is 4.44. The topological polar surface area (TPSA) is 217 Å². The highest BCUT2D eigenvalue weighted by Crippen LogP contribution is 2.84. The predicted molar refractivity (Wildman–Crippen MR) is 222 cm³/mol. The van der Waals surface area contributed by atoms with Gasteiger partial charge in [0.2, 0.25) is 0 Å². The van der Waals surface area contributed by atoms with Crippen LogP contribution in [0.1, 0.15) is 86.1 Å². The summed E-state index contributed by atoms with van der Waals surface area (Å²) >= 11 is 0. The maximum absolute atomic E-state index is 15.5. The summed E-state index contributed by atoms with van der Waals surface area (Å²) < 4.78 is 0. The number of hydrogen-bond acceptors (Lipinski definition) is 8. The Hall–Kier alpha value is -4.58. The van der Waals surface area contributed by atoms with Crippen LogP contribution in [0.25, 0.3) is 6.08 Å². The fourth-order valence-corrected chi connectivity index (χ4v) is 15.2. The first-order valence-electron chi connectivity index (χ1n) is 21.1. The van der Waals surface area contributed by atoms with E-state index in [1.807, 2.05) is 89.3 Å². The molecular formula is C48H57N3O8. The molecule has 0 unspecified atom stereocenters. The summed E-state index contributed by atoms with van der Waals surface area (Å²) in [5.41, 5.74) is 6.11. The lowest BCUT2D eigenvalue weighted by Gasteiger charge is -2.69. The molecule has 9 N–H and O–H groups in total. The van der Waals surface area contributed by atoms with Gasteiger partial charge in [0.05, 0.1) is 5.57 Å². The van der Waals surface area contributed by atoms with E-state index in [0.29, 0.717) is 40.7 Å². The molecule has 0 aliphatic heterocycles. The molecule has 12 atom stereocenters. The minimum absolute atomic E-state index is 0.0196. The molecule has 8 aliphatic rings. The maximum atomic E-state index is 15.5. The van der Waals surface area contributed by atoms with Crippen LogP contribution >= 0.6 is 0 Å². The zero-order valence-electron chi connectivity index (χ0n) is 35.0. The molecule has 0 saturated heterocycles. The second kappa shape index (κ2) is 12.0. The SMILES string of the molecule is C/C(C(=O)O)=C(/O)[C@]1(O)C2=CCC3=C2[C@@H]2[C@H]([C@H](C)[C@@H]1CN=C(N)N)[C@@]1(C)CC(=O)C4=C5[C@]1(C)[C@]2(O)C(=C[C@@]5(O)[C@H](/C=C/c1ccccc1)[C@@H]1C(C)(C)C(=O)CC[C@]41C)C3. The molecule has 1 aromatic rings. The van der Waals surface area contributed by atoms with Crippen molar-refractivity contribution in [1.82, 2.24) is 0 Å². The van der Waals surface area contributed by atoms with E-state index in [2.05, 4.69) is 11.9 Å². The van der Waals surface area contributed by atoms with Crippen molar-refractivity contribution in [2.75, 3.05) is 6.54 Å². The van der Waals surface area contributed by atoms with Crippen molar-refractivity contribution in [2.45, 2.75) is 97.4 Å².